The van der Waals surface area contributed by atoms with E-state index >= 15 is 0 Å². The molecule has 0 saturated heterocycles. The summed E-state index contributed by atoms with van der Waals surface area (Å²) in [6, 6.07) is 9.84. The van der Waals surface area contributed by atoms with Crippen molar-refractivity contribution in [3.63, 3.8) is 0 Å². The molecule has 0 aliphatic carbocycles. The van der Waals surface area contributed by atoms with Gasteiger partial charge in [0, 0.05) is 5.56 Å². The number of benzene rings is 2. The zero-order chi connectivity index (χ0) is 28.1. The van der Waals surface area contributed by atoms with E-state index in [1.165, 1.54) is 29.6 Å². The summed E-state index contributed by atoms with van der Waals surface area (Å²) in [7, 11) is 0. The van der Waals surface area contributed by atoms with Crippen molar-refractivity contribution < 1.29 is 14.4 Å². The largest absolute Gasteiger partial charge is 0.301 e. The minimum Gasteiger partial charge on any atom is -0.301 e. The fourth-order valence-corrected chi connectivity index (χ4v) is 6.65. The van der Waals surface area contributed by atoms with Crippen molar-refractivity contribution in [2.24, 2.45) is 0 Å². The number of likely N-dealkylation sites (N-methyl/N-ethyl adjacent to an activating group) is 2. The first-order valence-corrected chi connectivity index (χ1v) is 14.8. The lowest BCUT2D eigenvalue weighted by atomic mass is 10.00. The Hall–Kier alpha value is -3.25. The molecule has 206 valence electrons. The minimum atomic E-state index is -0.178. The molecule has 9 nitrogen and oxygen atoms in total. The quantitative estimate of drug-likeness (QED) is 0.223. The molecule has 2 aromatic carbocycles. The number of rotatable bonds is 12. The number of nitrogens with zero attached hydrogens (tertiary/aromatic N) is 4. The van der Waals surface area contributed by atoms with Gasteiger partial charge in [-0.25, -0.2) is 9.97 Å². The van der Waals surface area contributed by atoms with E-state index < -0.39 is 0 Å². The molecular formula is C28H34N6O3S2. The first kappa shape index (κ1) is 28.8. The third-order valence-electron chi connectivity index (χ3n) is 6.61. The molecule has 2 amide bonds. The second-order valence-electron chi connectivity index (χ2n) is 9.08. The Labute approximate surface area is 236 Å². The van der Waals surface area contributed by atoms with Gasteiger partial charge in [-0.05, 0) is 38.7 Å². The molecule has 0 spiro atoms. The maximum atomic E-state index is 13.0. The van der Waals surface area contributed by atoms with Crippen molar-refractivity contribution in [2.45, 2.75) is 34.6 Å². The molecule has 0 unspecified atom stereocenters. The Balaban J connectivity index is 1.84. The van der Waals surface area contributed by atoms with Gasteiger partial charge in [0.1, 0.15) is 0 Å². The van der Waals surface area contributed by atoms with Crippen molar-refractivity contribution in [1.29, 1.82) is 0 Å². The molecule has 0 aliphatic rings. The maximum Gasteiger partial charge on any atom is 0.240 e. The van der Waals surface area contributed by atoms with Crippen LogP contribution in [0.15, 0.2) is 30.3 Å². The number of hydrogen-bond acceptors (Lipinski definition) is 9. The molecular weight excluding hydrogens is 532 g/mol. The van der Waals surface area contributed by atoms with E-state index in [0.717, 1.165) is 46.7 Å². The van der Waals surface area contributed by atoms with Crippen LogP contribution in [0.2, 0.25) is 0 Å². The Kier molecular flexibility index (Phi) is 9.39. The smallest absolute Gasteiger partial charge is 0.240 e. The molecule has 4 aromatic rings. The molecule has 4 rings (SSSR count). The lowest BCUT2D eigenvalue weighted by Gasteiger charge is -2.16. The fourth-order valence-electron chi connectivity index (χ4n) is 4.46. The Morgan fingerprint density at radius 3 is 1.56 bits per heavy atom. The van der Waals surface area contributed by atoms with Crippen molar-refractivity contribution in [3.05, 3.63) is 35.9 Å². The van der Waals surface area contributed by atoms with Gasteiger partial charge in [0.25, 0.3) is 0 Å². The van der Waals surface area contributed by atoms with Gasteiger partial charge >= 0.3 is 0 Å². The fraction of sp³-hybridized carbons (Fsp3) is 0.393. The predicted molar refractivity (Wildman–Crippen MR) is 161 cm³/mol. The summed E-state index contributed by atoms with van der Waals surface area (Å²) in [6.45, 7) is 13.2. The zero-order valence-electron chi connectivity index (χ0n) is 23.0. The van der Waals surface area contributed by atoms with Gasteiger partial charge in [0.05, 0.1) is 39.1 Å². The van der Waals surface area contributed by atoms with Crippen LogP contribution in [0.1, 0.15) is 45.0 Å². The number of amides is 2. The summed E-state index contributed by atoms with van der Waals surface area (Å²) >= 11 is 2.69. The number of thiazole rings is 2. The number of fused-ring (bicyclic) bond motifs is 2. The summed E-state index contributed by atoms with van der Waals surface area (Å²) in [5.41, 5.74) is 3.22. The predicted octanol–water partition coefficient (Wildman–Crippen LogP) is 5.34. The zero-order valence-corrected chi connectivity index (χ0v) is 24.6. The maximum absolute atomic E-state index is 13.0. The van der Waals surface area contributed by atoms with Crippen LogP contribution < -0.4 is 10.6 Å². The molecule has 11 heteroatoms. The van der Waals surface area contributed by atoms with Crippen LogP contribution >= 0.6 is 22.7 Å². The van der Waals surface area contributed by atoms with Crippen molar-refractivity contribution >= 4 is 71.0 Å². The lowest BCUT2D eigenvalue weighted by molar-refractivity contribution is -0.118. The SMILES string of the molecule is CCN(CC)CC(=O)Nc1nc2c(C(C)=O)c3nc(NC(=O)CN(CC)CC)sc3c(-c3ccccc3)c2s1. The Morgan fingerprint density at radius 1 is 0.744 bits per heavy atom. The van der Waals surface area contributed by atoms with Crippen molar-refractivity contribution in [1.82, 2.24) is 19.8 Å². The van der Waals surface area contributed by atoms with E-state index in [1.807, 2.05) is 67.8 Å². The van der Waals surface area contributed by atoms with Gasteiger partial charge in [-0.1, -0.05) is 80.7 Å². The third-order valence-corrected chi connectivity index (χ3v) is 8.59. The van der Waals surface area contributed by atoms with Crippen LogP contribution in [0.3, 0.4) is 0 Å². The summed E-state index contributed by atoms with van der Waals surface area (Å²) in [4.78, 5) is 51.9. The second kappa shape index (κ2) is 12.7. The molecule has 0 radical (unpaired) electrons. The molecule has 39 heavy (non-hydrogen) atoms. The van der Waals surface area contributed by atoms with Crippen LogP contribution in [-0.2, 0) is 9.59 Å². The summed E-state index contributed by atoms with van der Waals surface area (Å²) in [6.07, 6.45) is 0. The van der Waals surface area contributed by atoms with Crippen LogP contribution in [0.25, 0.3) is 31.6 Å². The number of ketones is 1. The molecule has 2 heterocycles. The number of nitrogens with one attached hydrogen (secondary N) is 2. The van der Waals surface area contributed by atoms with E-state index in [4.69, 9.17) is 9.97 Å². The summed E-state index contributed by atoms with van der Waals surface area (Å²) in [5.74, 6) is -0.481. The standard InChI is InChI=1S/C28H34N6O3S2/c1-6-33(7-2)15-19(36)29-27-31-23-21(17(5)35)24-26(22(25(23)38-27)18-13-11-10-12-14-18)39-28(32-24)30-20(37)16-34(8-3)9-4/h10-14H,6-9,15-16H2,1-5H3,(H,29,31,36)(H,30,32,37). The number of Topliss-reactive ketones (excluding diaryl/α,β-unsaturated/α-hetero) is 1. The lowest BCUT2D eigenvalue weighted by Crippen LogP contribution is -2.32. The van der Waals surface area contributed by atoms with Crippen molar-refractivity contribution in [2.75, 3.05) is 49.9 Å². The molecule has 0 aliphatic heterocycles. The van der Waals surface area contributed by atoms with E-state index in [-0.39, 0.29) is 30.7 Å². The molecule has 2 N–H and O–H groups in total. The number of hydrogen-bond donors (Lipinski definition) is 2. The average molecular weight is 567 g/mol. The highest BCUT2D eigenvalue weighted by Crippen LogP contribution is 2.46. The average Bonchev–Trinajstić information content (AvgIpc) is 3.51. The molecule has 2 aromatic heterocycles. The van der Waals surface area contributed by atoms with E-state index in [1.54, 1.807) is 0 Å². The Bertz CT molecular complexity index is 1410. The molecule has 0 saturated carbocycles. The van der Waals surface area contributed by atoms with Gasteiger partial charge in [0.15, 0.2) is 16.0 Å². The number of carbonyl (C=O) groups is 3. The van der Waals surface area contributed by atoms with E-state index in [9.17, 15) is 14.4 Å². The van der Waals surface area contributed by atoms with Crippen LogP contribution in [0.4, 0.5) is 10.3 Å². The summed E-state index contributed by atoms with van der Waals surface area (Å²) in [5, 5.41) is 6.73. The van der Waals surface area contributed by atoms with E-state index in [2.05, 4.69) is 10.6 Å². The van der Waals surface area contributed by atoms with Crippen molar-refractivity contribution in [3.8, 4) is 11.1 Å². The third kappa shape index (κ3) is 6.33. The number of carbonyl (C=O) groups excluding carboxylic acids is 3. The van der Waals surface area contributed by atoms with Crippen LogP contribution in [0.5, 0.6) is 0 Å². The molecule has 0 bridgehead atoms. The topological polar surface area (TPSA) is 108 Å². The van der Waals surface area contributed by atoms with Gasteiger partial charge < -0.3 is 10.6 Å². The van der Waals surface area contributed by atoms with Gasteiger partial charge in [-0.3, -0.25) is 24.2 Å². The molecule has 0 atom stereocenters. The minimum absolute atomic E-state index is 0.151. The normalized spacial score (nSPS) is 11.6. The second-order valence-corrected chi connectivity index (χ2v) is 11.1. The monoisotopic (exact) mass is 566 g/mol. The van der Waals surface area contributed by atoms with Crippen LogP contribution in [-0.4, -0.2) is 76.6 Å². The van der Waals surface area contributed by atoms with E-state index in [0.29, 0.717) is 26.9 Å². The molecule has 0 fully saturated rings. The van der Waals surface area contributed by atoms with Gasteiger partial charge in [-0.2, -0.15) is 0 Å². The Morgan fingerprint density at radius 2 is 1.18 bits per heavy atom. The highest BCUT2D eigenvalue weighted by molar-refractivity contribution is 7.25. The first-order chi connectivity index (χ1) is 18.8. The highest BCUT2D eigenvalue weighted by Gasteiger charge is 2.26. The van der Waals surface area contributed by atoms with Gasteiger partial charge in [-0.15, -0.1) is 0 Å². The number of anilines is 2. The van der Waals surface area contributed by atoms with Gasteiger partial charge in [0.2, 0.25) is 11.8 Å². The number of aromatic nitrogens is 2. The van der Waals surface area contributed by atoms with Crippen LogP contribution in [0, 0.1) is 0 Å². The highest BCUT2D eigenvalue weighted by atomic mass is 32.1. The summed E-state index contributed by atoms with van der Waals surface area (Å²) < 4.78 is 1.59. The first-order valence-electron chi connectivity index (χ1n) is 13.2.